The summed E-state index contributed by atoms with van der Waals surface area (Å²) in [4.78, 5) is 11.0. The van der Waals surface area contributed by atoms with Crippen molar-refractivity contribution in [1.29, 1.82) is 0 Å². The predicted octanol–water partition coefficient (Wildman–Crippen LogP) is 1.48. The number of hydrogen-bond donors (Lipinski definition) is 3. The van der Waals surface area contributed by atoms with Gasteiger partial charge in [0.05, 0.1) is 23.0 Å². The van der Waals surface area contributed by atoms with E-state index in [9.17, 15) is 4.79 Å². The summed E-state index contributed by atoms with van der Waals surface area (Å²) in [5, 5.41) is 12.2. The van der Waals surface area contributed by atoms with Crippen molar-refractivity contribution in [3.8, 4) is 0 Å². The number of carbonyl (C=O) groups is 1. The molecule has 0 aromatic heterocycles. The summed E-state index contributed by atoms with van der Waals surface area (Å²) in [6, 6.07) is 3.14. The van der Waals surface area contributed by atoms with Crippen molar-refractivity contribution in [3.63, 3.8) is 0 Å². The van der Waals surface area contributed by atoms with Crippen LogP contribution in [0.4, 0.5) is 11.4 Å². The summed E-state index contributed by atoms with van der Waals surface area (Å²) in [5.41, 5.74) is 8.03. The van der Waals surface area contributed by atoms with Crippen molar-refractivity contribution in [3.05, 3.63) is 23.3 Å². The molecule has 5 nitrogen and oxygen atoms in total. The molecule has 1 heterocycles. The van der Waals surface area contributed by atoms with Crippen LogP contribution in [-0.4, -0.2) is 30.3 Å². The molecule has 1 aromatic carbocycles. The van der Waals surface area contributed by atoms with Crippen LogP contribution in [0.3, 0.4) is 0 Å². The van der Waals surface area contributed by atoms with Crippen LogP contribution in [-0.2, 0) is 4.74 Å². The Hall–Kier alpha value is -1.75. The zero-order valence-corrected chi connectivity index (χ0v) is 9.69. The lowest BCUT2D eigenvalue weighted by atomic mass is 10.0. The SMILES string of the molecule is Cc1c(C(=O)O)ccc(N)c1NC[C@@H]1CCO1. The van der Waals surface area contributed by atoms with Gasteiger partial charge in [0.25, 0.3) is 0 Å². The Morgan fingerprint density at radius 3 is 2.88 bits per heavy atom. The topological polar surface area (TPSA) is 84.6 Å². The molecule has 1 aromatic rings. The molecule has 4 N–H and O–H groups in total. The maximum atomic E-state index is 11.0. The Morgan fingerprint density at radius 2 is 2.35 bits per heavy atom. The van der Waals surface area contributed by atoms with E-state index < -0.39 is 5.97 Å². The van der Waals surface area contributed by atoms with Crippen LogP contribution in [0, 0.1) is 6.92 Å². The van der Waals surface area contributed by atoms with Crippen LogP contribution in [0.1, 0.15) is 22.3 Å². The first kappa shape index (κ1) is 11.7. The van der Waals surface area contributed by atoms with Crippen molar-refractivity contribution < 1.29 is 14.6 Å². The van der Waals surface area contributed by atoms with Crippen LogP contribution >= 0.6 is 0 Å². The van der Waals surface area contributed by atoms with Gasteiger partial charge < -0.3 is 20.9 Å². The molecule has 92 valence electrons. The van der Waals surface area contributed by atoms with Gasteiger partial charge in [0.1, 0.15) is 0 Å². The predicted molar refractivity (Wildman–Crippen MR) is 65.4 cm³/mol. The number of aromatic carboxylic acids is 1. The van der Waals surface area contributed by atoms with Gasteiger partial charge in [-0.3, -0.25) is 0 Å². The van der Waals surface area contributed by atoms with E-state index in [2.05, 4.69) is 5.32 Å². The van der Waals surface area contributed by atoms with Gasteiger partial charge in [0.15, 0.2) is 0 Å². The number of carboxylic acid groups (broad SMARTS) is 1. The van der Waals surface area contributed by atoms with Crippen LogP contribution in [0.2, 0.25) is 0 Å². The highest BCUT2D eigenvalue weighted by Gasteiger charge is 2.19. The second kappa shape index (κ2) is 4.63. The van der Waals surface area contributed by atoms with Crippen molar-refractivity contribution in [2.24, 2.45) is 0 Å². The quantitative estimate of drug-likeness (QED) is 0.689. The third-order valence-corrected chi connectivity index (χ3v) is 3.03. The van der Waals surface area contributed by atoms with Crippen molar-refractivity contribution >= 4 is 17.3 Å². The Morgan fingerprint density at radius 1 is 1.65 bits per heavy atom. The number of nitrogens with one attached hydrogen (secondary N) is 1. The van der Waals surface area contributed by atoms with E-state index in [0.717, 1.165) is 13.0 Å². The molecule has 0 saturated carbocycles. The lowest BCUT2D eigenvalue weighted by Crippen LogP contribution is -2.33. The number of carboxylic acids is 1. The molecular formula is C12H16N2O3. The van der Waals surface area contributed by atoms with Gasteiger partial charge in [0.2, 0.25) is 0 Å². The molecule has 1 saturated heterocycles. The second-order valence-electron chi connectivity index (χ2n) is 4.17. The second-order valence-corrected chi connectivity index (χ2v) is 4.17. The summed E-state index contributed by atoms with van der Waals surface area (Å²) in [6.07, 6.45) is 1.24. The molecule has 0 spiro atoms. The van der Waals surface area contributed by atoms with Gasteiger partial charge in [-0.2, -0.15) is 0 Å². The van der Waals surface area contributed by atoms with E-state index in [1.165, 1.54) is 6.07 Å². The fourth-order valence-corrected chi connectivity index (χ4v) is 1.86. The van der Waals surface area contributed by atoms with Gasteiger partial charge in [0, 0.05) is 13.2 Å². The number of nitrogen functional groups attached to an aromatic ring is 1. The highest BCUT2D eigenvalue weighted by atomic mass is 16.5. The molecule has 1 aliphatic rings. The first-order valence-electron chi connectivity index (χ1n) is 5.57. The number of hydrogen-bond acceptors (Lipinski definition) is 4. The minimum atomic E-state index is -0.939. The molecule has 0 radical (unpaired) electrons. The largest absolute Gasteiger partial charge is 0.478 e. The first-order chi connectivity index (χ1) is 8.09. The van der Waals surface area contributed by atoms with Gasteiger partial charge in [-0.25, -0.2) is 4.79 Å². The van der Waals surface area contributed by atoms with Crippen LogP contribution in [0.15, 0.2) is 12.1 Å². The van der Waals surface area contributed by atoms with Crippen LogP contribution in [0.25, 0.3) is 0 Å². The van der Waals surface area contributed by atoms with Gasteiger partial charge in [-0.15, -0.1) is 0 Å². The molecule has 1 atom stereocenters. The average molecular weight is 236 g/mol. The first-order valence-corrected chi connectivity index (χ1v) is 5.57. The normalized spacial score (nSPS) is 18.5. The van der Waals surface area contributed by atoms with Gasteiger partial charge in [-0.1, -0.05) is 0 Å². The van der Waals surface area contributed by atoms with Crippen LogP contribution < -0.4 is 11.1 Å². The molecule has 17 heavy (non-hydrogen) atoms. The van der Waals surface area contributed by atoms with E-state index in [-0.39, 0.29) is 11.7 Å². The smallest absolute Gasteiger partial charge is 0.336 e. The number of ether oxygens (including phenoxy) is 1. The number of nitrogens with two attached hydrogens (primary N) is 1. The zero-order chi connectivity index (χ0) is 12.4. The molecule has 1 aliphatic heterocycles. The fourth-order valence-electron chi connectivity index (χ4n) is 1.86. The van der Waals surface area contributed by atoms with Crippen molar-refractivity contribution in [1.82, 2.24) is 0 Å². The molecule has 0 aliphatic carbocycles. The lowest BCUT2D eigenvalue weighted by Gasteiger charge is -2.27. The third kappa shape index (κ3) is 2.34. The summed E-state index contributed by atoms with van der Waals surface area (Å²) >= 11 is 0. The highest BCUT2D eigenvalue weighted by Crippen LogP contribution is 2.27. The average Bonchev–Trinajstić information content (AvgIpc) is 2.19. The summed E-state index contributed by atoms with van der Waals surface area (Å²) in [5.74, 6) is -0.939. The number of anilines is 2. The summed E-state index contributed by atoms with van der Waals surface area (Å²) in [7, 11) is 0. The molecule has 2 rings (SSSR count). The highest BCUT2D eigenvalue weighted by molar-refractivity contribution is 5.93. The molecule has 0 unspecified atom stereocenters. The summed E-state index contributed by atoms with van der Waals surface area (Å²) < 4.78 is 5.29. The third-order valence-electron chi connectivity index (χ3n) is 3.03. The summed E-state index contributed by atoms with van der Waals surface area (Å²) in [6.45, 7) is 3.22. The minimum Gasteiger partial charge on any atom is -0.478 e. The van der Waals surface area contributed by atoms with Gasteiger partial charge in [-0.05, 0) is 31.0 Å². The molecule has 1 fully saturated rings. The van der Waals surface area contributed by atoms with Gasteiger partial charge >= 0.3 is 5.97 Å². The lowest BCUT2D eigenvalue weighted by molar-refractivity contribution is -0.0410. The molecule has 0 amide bonds. The Bertz CT molecular complexity index is 442. The maximum absolute atomic E-state index is 11.0. The van der Waals surface area contributed by atoms with E-state index in [4.69, 9.17) is 15.6 Å². The standard InChI is InChI=1S/C12H16N2O3/c1-7-9(12(15)16)2-3-10(13)11(7)14-6-8-4-5-17-8/h2-3,8,14H,4-6,13H2,1H3,(H,15,16)/t8-/m0/s1. The number of benzene rings is 1. The molecule has 0 bridgehead atoms. The van der Waals surface area contributed by atoms with Crippen LogP contribution in [0.5, 0.6) is 0 Å². The van der Waals surface area contributed by atoms with E-state index >= 15 is 0 Å². The van der Waals surface area contributed by atoms with E-state index in [0.29, 0.717) is 23.5 Å². The zero-order valence-electron chi connectivity index (χ0n) is 9.69. The Balaban J connectivity index is 2.18. The fraction of sp³-hybridized carbons (Fsp3) is 0.417. The van der Waals surface area contributed by atoms with Crippen molar-refractivity contribution in [2.75, 3.05) is 24.2 Å². The monoisotopic (exact) mass is 236 g/mol. The van der Waals surface area contributed by atoms with Crippen molar-refractivity contribution in [2.45, 2.75) is 19.4 Å². The minimum absolute atomic E-state index is 0.210. The van der Waals surface area contributed by atoms with E-state index in [1.807, 2.05) is 0 Å². The van der Waals surface area contributed by atoms with E-state index in [1.54, 1.807) is 13.0 Å². The number of rotatable bonds is 4. The molecule has 5 heteroatoms. The Kier molecular flexibility index (Phi) is 3.19. The Labute approximate surface area is 99.6 Å². The molecular weight excluding hydrogens is 220 g/mol. The maximum Gasteiger partial charge on any atom is 0.336 e.